The molecule has 0 unspecified atom stereocenters. The predicted octanol–water partition coefficient (Wildman–Crippen LogP) is 1.95. The smallest absolute Gasteiger partial charge is 0.242 e. The number of sulfonamides is 1. The van der Waals surface area contributed by atoms with E-state index < -0.39 is 15.8 Å². The van der Waals surface area contributed by atoms with Crippen molar-refractivity contribution in [3.8, 4) is 0 Å². The molecule has 0 fully saturated rings. The quantitative estimate of drug-likeness (QED) is 0.934. The van der Waals surface area contributed by atoms with Gasteiger partial charge in [-0.15, -0.1) is 0 Å². The van der Waals surface area contributed by atoms with Crippen LogP contribution in [0.4, 0.5) is 4.39 Å². The minimum Gasteiger partial charge on any atom is -0.360 e. The van der Waals surface area contributed by atoms with E-state index in [0.717, 1.165) is 18.2 Å². The van der Waals surface area contributed by atoms with Gasteiger partial charge in [0.2, 0.25) is 10.0 Å². The van der Waals surface area contributed by atoms with E-state index in [1.807, 2.05) is 0 Å². The zero-order valence-corrected chi connectivity index (χ0v) is 10.5. The number of aromatic nitrogens is 1. The highest BCUT2D eigenvalue weighted by atomic mass is 35.5. The van der Waals surface area contributed by atoms with Crippen LogP contribution >= 0.6 is 11.6 Å². The molecule has 8 heteroatoms. The van der Waals surface area contributed by atoms with Crippen LogP contribution in [0.5, 0.6) is 0 Å². The van der Waals surface area contributed by atoms with Gasteiger partial charge in [0, 0.05) is 6.07 Å². The molecule has 0 radical (unpaired) electrons. The van der Waals surface area contributed by atoms with Gasteiger partial charge >= 0.3 is 0 Å². The fraction of sp³-hybridized carbons (Fsp3) is 0.100. The summed E-state index contributed by atoms with van der Waals surface area (Å²) in [7, 11) is -3.82. The van der Waals surface area contributed by atoms with Gasteiger partial charge in [0.25, 0.3) is 0 Å². The first-order valence-corrected chi connectivity index (χ1v) is 6.69. The Labute approximate surface area is 108 Å². The third-order valence-corrected chi connectivity index (χ3v) is 4.00. The minimum absolute atomic E-state index is 0.0595. The highest BCUT2D eigenvalue weighted by molar-refractivity contribution is 7.89. The van der Waals surface area contributed by atoms with Crippen LogP contribution in [0.1, 0.15) is 5.76 Å². The highest BCUT2D eigenvalue weighted by Gasteiger charge is 2.18. The Morgan fingerprint density at radius 3 is 2.78 bits per heavy atom. The van der Waals surface area contributed by atoms with E-state index in [1.165, 1.54) is 12.3 Å². The van der Waals surface area contributed by atoms with Crippen LogP contribution in [0.15, 0.2) is 39.9 Å². The van der Waals surface area contributed by atoms with Crippen molar-refractivity contribution < 1.29 is 17.3 Å². The Morgan fingerprint density at radius 2 is 2.17 bits per heavy atom. The maximum absolute atomic E-state index is 12.8. The molecule has 0 aliphatic heterocycles. The lowest BCUT2D eigenvalue weighted by Gasteiger charge is -2.06. The monoisotopic (exact) mass is 290 g/mol. The number of rotatable bonds is 4. The Morgan fingerprint density at radius 1 is 1.39 bits per heavy atom. The summed E-state index contributed by atoms with van der Waals surface area (Å²) in [5.74, 6) is -0.244. The second-order valence-electron chi connectivity index (χ2n) is 3.38. The lowest BCUT2D eigenvalue weighted by Crippen LogP contribution is -2.23. The predicted molar refractivity (Wildman–Crippen MR) is 61.9 cm³/mol. The summed E-state index contributed by atoms with van der Waals surface area (Å²) in [5, 5.41) is 3.26. The van der Waals surface area contributed by atoms with Crippen molar-refractivity contribution in [2.75, 3.05) is 0 Å². The van der Waals surface area contributed by atoms with Crippen LogP contribution in [-0.2, 0) is 16.6 Å². The first-order valence-electron chi connectivity index (χ1n) is 4.83. The average molecular weight is 291 g/mol. The van der Waals surface area contributed by atoms with Gasteiger partial charge in [-0.2, -0.15) is 0 Å². The van der Waals surface area contributed by atoms with Gasteiger partial charge in [0.1, 0.15) is 10.7 Å². The molecule has 1 heterocycles. The van der Waals surface area contributed by atoms with Crippen molar-refractivity contribution in [2.45, 2.75) is 11.4 Å². The van der Waals surface area contributed by atoms with Crippen LogP contribution in [0.2, 0.25) is 5.02 Å². The molecule has 1 aromatic heterocycles. The average Bonchev–Trinajstić information content (AvgIpc) is 2.78. The van der Waals surface area contributed by atoms with Crippen molar-refractivity contribution in [2.24, 2.45) is 0 Å². The summed E-state index contributed by atoms with van der Waals surface area (Å²) in [5.41, 5.74) is 0. The second-order valence-corrected chi connectivity index (χ2v) is 5.52. The molecule has 2 rings (SSSR count). The van der Waals surface area contributed by atoms with Gasteiger partial charge in [0.05, 0.1) is 17.8 Å². The molecule has 18 heavy (non-hydrogen) atoms. The molecule has 96 valence electrons. The summed E-state index contributed by atoms with van der Waals surface area (Å²) >= 11 is 5.68. The number of benzene rings is 1. The van der Waals surface area contributed by atoms with E-state index in [0.29, 0.717) is 5.76 Å². The molecule has 5 nitrogen and oxygen atoms in total. The molecule has 0 aliphatic rings. The van der Waals surface area contributed by atoms with Crippen LogP contribution in [0.3, 0.4) is 0 Å². The third kappa shape index (κ3) is 2.87. The van der Waals surface area contributed by atoms with Gasteiger partial charge < -0.3 is 4.52 Å². The van der Waals surface area contributed by atoms with E-state index in [1.54, 1.807) is 0 Å². The zero-order valence-electron chi connectivity index (χ0n) is 8.93. The summed E-state index contributed by atoms with van der Waals surface area (Å²) in [6.07, 6.45) is 1.40. The van der Waals surface area contributed by atoms with E-state index in [-0.39, 0.29) is 16.5 Å². The molecule has 1 aromatic carbocycles. The number of hydrogen-bond acceptors (Lipinski definition) is 4. The largest absolute Gasteiger partial charge is 0.360 e. The van der Waals surface area contributed by atoms with E-state index in [9.17, 15) is 12.8 Å². The second kappa shape index (κ2) is 5.05. The first kappa shape index (κ1) is 13.0. The lowest BCUT2D eigenvalue weighted by molar-refractivity contribution is 0.380. The Kier molecular flexibility index (Phi) is 3.65. The van der Waals surface area contributed by atoms with Crippen LogP contribution in [-0.4, -0.2) is 13.6 Å². The molecule has 2 aromatic rings. The summed E-state index contributed by atoms with van der Waals surface area (Å²) in [6, 6.07) is 4.58. The van der Waals surface area contributed by atoms with Crippen molar-refractivity contribution in [1.29, 1.82) is 0 Å². The molecular weight excluding hydrogens is 283 g/mol. The molecule has 0 aliphatic carbocycles. The van der Waals surface area contributed by atoms with Gasteiger partial charge in [-0.3, -0.25) is 0 Å². The SMILES string of the molecule is O=S(=O)(NCc1ccno1)c1ccc(F)cc1Cl. The number of hydrogen-bond donors (Lipinski definition) is 1. The van der Waals surface area contributed by atoms with Crippen molar-refractivity contribution in [3.63, 3.8) is 0 Å². The maximum atomic E-state index is 12.8. The fourth-order valence-corrected chi connectivity index (χ4v) is 2.79. The highest BCUT2D eigenvalue weighted by Crippen LogP contribution is 2.22. The van der Waals surface area contributed by atoms with Gasteiger partial charge in [-0.05, 0) is 18.2 Å². The zero-order chi connectivity index (χ0) is 13.2. The lowest BCUT2D eigenvalue weighted by atomic mass is 10.3. The molecule has 1 N–H and O–H groups in total. The van der Waals surface area contributed by atoms with E-state index in [2.05, 4.69) is 9.88 Å². The van der Waals surface area contributed by atoms with Gasteiger partial charge in [-0.1, -0.05) is 16.8 Å². The van der Waals surface area contributed by atoms with E-state index in [4.69, 9.17) is 16.1 Å². The number of nitrogens with one attached hydrogen (secondary N) is 1. The topological polar surface area (TPSA) is 72.2 Å². The van der Waals surface area contributed by atoms with Crippen molar-refractivity contribution >= 4 is 21.6 Å². The summed E-state index contributed by atoms with van der Waals surface area (Å²) in [6.45, 7) is -0.0595. The molecule has 0 atom stereocenters. The van der Waals surface area contributed by atoms with Crippen LogP contribution < -0.4 is 4.72 Å². The molecular formula is C10H8ClFN2O3S. The van der Waals surface area contributed by atoms with Gasteiger partial charge in [0.15, 0.2) is 5.76 Å². The number of halogens is 2. The molecule has 0 spiro atoms. The Hall–Kier alpha value is -1.44. The normalized spacial score (nSPS) is 11.7. The Balaban J connectivity index is 2.20. The molecule has 0 saturated carbocycles. The van der Waals surface area contributed by atoms with Crippen LogP contribution in [0, 0.1) is 5.82 Å². The maximum Gasteiger partial charge on any atom is 0.242 e. The van der Waals surface area contributed by atoms with E-state index >= 15 is 0 Å². The standard InChI is InChI=1S/C10H8ClFN2O3S/c11-9-5-7(12)1-2-10(9)18(15,16)14-6-8-3-4-13-17-8/h1-5,14H,6H2. The van der Waals surface area contributed by atoms with Crippen LogP contribution in [0.25, 0.3) is 0 Å². The van der Waals surface area contributed by atoms with Gasteiger partial charge in [-0.25, -0.2) is 17.5 Å². The Bertz CT molecular complexity index is 643. The molecule has 0 amide bonds. The fourth-order valence-electron chi connectivity index (χ4n) is 1.27. The number of nitrogens with zero attached hydrogens (tertiary/aromatic N) is 1. The van der Waals surface area contributed by atoms with Crippen molar-refractivity contribution in [3.05, 3.63) is 47.1 Å². The first-order chi connectivity index (χ1) is 8.49. The third-order valence-electron chi connectivity index (χ3n) is 2.11. The minimum atomic E-state index is -3.82. The van der Waals surface area contributed by atoms with Crippen molar-refractivity contribution in [1.82, 2.24) is 9.88 Å². The molecule has 0 bridgehead atoms. The summed E-state index contributed by atoms with van der Waals surface area (Å²) in [4.78, 5) is -0.190. The summed E-state index contributed by atoms with van der Waals surface area (Å²) < 4.78 is 43.6. The molecule has 0 saturated heterocycles.